The number of hydrogen-bond donors (Lipinski definition) is 2. The first-order valence-electron chi connectivity index (χ1n) is 14.1. The second kappa shape index (κ2) is 13.0. The fraction of sp³-hybridized carbons (Fsp3) is 0.452. The maximum Gasteiger partial charge on any atom is 0.244 e. The van der Waals surface area contributed by atoms with Gasteiger partial charge in [-0.25, -0.2) is 4.98 Å². The second-order valence-corrected chi connectivity index (χ2v) is 10.7. The standard InChI is InChI=1S/C31H40N6O/c1-36-20-13-26(14-21-36)34-31(38)11-8-24-6-9-25(10-7-24)29-22-30(27-23-32-16-12-28(27)35-29)33-15-5-19-37-17-3-2-4-18-37/h6-12,16,22-23,26H,2-5,13-15,17-21H2,1H3,(H,33,35)(H,34,38)/b11-8-. The molecule has 0 unspecified atom stereocenters. The lowest BCUT2D eigenvalue weighted by atomic mass is 10.1. The zero-order chi connectivity index (χ0) is 26.2. The number of pyridine rings is 2. The number of amides is 1. The molecule has 0 radical (unpaired) electrons. The summed E-state index contributed by atoms with van der Waals surface area (Å²) in [5.41, 5.74) is 4.98. The van der Waals surface area contributed by atoms with E-state index in [-0.39, 0.29) is 11.9 Å². The average molecular weight is 513 g/mol. The van der Waals surface area contributed by atoms with Crippen LogP contribution in [-0.4, -0.2) is 78.0 Å². The molecule has 0 saturated carbocycles. The highest BCUT2D eigenvalue weighted by molar-refractivity contribution is 5.93. The van der Waals surface area contributed by atoms with Crippen molar-refractivity contribution >= 4 is 28.6 Å². The molecule has 1 aromatic carbocycles. The lowest BCUT2D eigenvalue weighted by Crippen LogP contribution is -2.42. The van der Waals surface area contributed by atoms with Crippen molar-refractivity contribution in [1.29, 1.82) is 0 Å². The molecular weight excluding hydrogens is 472 g/mol. The van der Waals surface area contributed by atoms with Crippen LogP contribution in [0, 0.1) is 0 Å². The van der Waals surface area contributed by atoms with Crippen LogP contribution >= 0.6 is 0 Å². The maximum atomic E-state index is 12.4. The Hall–Kier alpha value is -3.29. The Bertz CT molecular complexity index is 1230. The van der Waals surface area contributed by atoms with Gasteiger partial charge in [0.05, 0.1) is 11.2 Å². The summed E-state index contributed by atoms with van der Waals surface area (Å²) < 4.78 is 0. The second-order valence-electron chi connectivity index (χ2n) is 10.7. The molecule has 5 rings (SSSR count). The Morgan fingerprint density at radius 3 is 2.63 bits per heavy atom. The molecule has 2 saturated heterocycles. The number of likely N-dealkylation sites (tertiary alicyclic amines) is 2. The predicted molar refractivity (Wildman–Crippen MR) is 156 cm³/mol. The SMILES string of the molecule is CN1CCC(NC(=O)/C=C\c2ccc(-c3cc(NCCCN4CCCCC4)c4cnccc4n3)cc2)CC1. The Labute approximate surface area is 226 Å². The number of anilines is 1. The minimum absolute atomic E-state index is 0.0237. The van der Waals surface area contributed by atoms with E-state index in [1.165, 1.54) is 32.4 Å². The Morgan fingerprint density at radius 1 is 1.05 bits per heavy atom. The molecule has 38 heavy (non-hydrogen) atoms. The van der Waals surface area contributed by atoms with E-state index >= 15 is 0 Å². The predicted octanol–water partition coefficient (Wildman–Crippen LogP) is 4.81. The van der Waals surface area contributed by atoms with Crippen molar-refractivity contribution in [2.24, 2.45) is 0 Å². The molecule has 2 aromatic heterocycles. The van der Waals surface area contributed by atoms with E-state index < -0.39 is 0 Å². The van der Waals surface area contributed by atoms with Crippen LogP contribution in [0.1, 0.15) is 44.1 Å². The highest BCUT2D eigenvalue weighted by Crippen LogP contribution is 2.28. The van der Waals surface area contributed by atoms with Gasteiger partial charge in [-0.05, 0) is 95.6 Å². The van der Waals surface area contributed by atoms with Gasteiger partial charge in [-0.2, -0.15) is 0 Å². The van der Waals surface area contributed by atoms with Gasteiger partial charge in [0, 0.05) is 47.7 Å². The van der Waals surface area contributed by atoms with Crippen LogP contribution in [-0.2, 0) is 4.79 Å². The number of fused-ring (bicyclic) bond motifs is 1. The molecule has 0 aliphatic carbocycles. The normalized spacial score (nSPS) is 17.7. The molecule has 2 fully saturated rings. The van der Waals surface area contributed by atoms with E-state index in [0.717, 1.165) is 78.9 Å². The number of piperidine rings is 2. The molecule has 4 heterocycles. The van der Waals surface area contributed by atoms with Crippen molar-refractivity contribution in [3.8, 4) is 11.3 Å². The molecule has 0 atom stereocenters. The lowest BCUT2D eigenvalue weighted by molar-refractivity contribution is -0.117. The van der Waals surface area contributed by atoms with Crippen LogP contribution < -0.4 is 10.6 Å². The summed E-state index contributed by atoms with van der Waals surface area (Å²) in [6.45, 7) is 6.61. The molecule has 3 aromatic rings. The fourth-order valence-electron chi connectivity index (χ4n) is 5.41. The molecule has 1 amide bonds. The van der Waals surface area contributed by atoms with Gasteiger partial charge in [0.1, 0.15) is 0 Å². The van der Waals surface area contributed by atoms with Crippen molar-refractivity contribution in [2.75, 3.05) is 51.6 Å². The fourth-order valence-corrected chi connectivity index (χ4v) is 5.41. The molecule has 2 aliphatic rings. The smallest absolute Gasteiger partial charge is 0.244 e. The first-order valence-corrected chi connectivity index (χ1v) is 14.1. The number of rotatable bonds is 9. The quantitative estimate of drug-likeness (QED) is 0.317. The largest absolute Gasteiger partial charge is 0.384 e. The first kappa shape index (κ1) is 26.3. The average Bonchev–Trinajstić information content (AvgIpc) is 2.96. The summed E-state index contributed by atoms with van der Waals surface area (Å²) in [7, 11) is 2.13. The molecule has 7 heteroatoms. The van der Waals surface area contributed by atoms with E-state index in [9.17, 15) is 4.79 Å². The maximum absolute atomic E-state index is 12.4. The van der Waals surface area contributed by atoms with Crippen molar-refractivity contribution in [1.82, 2.24) is 25.1 Å². The van der Waals surface area contributed by atoms with E-state index in [0.29, 0.717) is 0 Å². The number of nitrogens with zero attached hydrogens (tertiary/aromatic N) is 4. The minimum atomic E-state index is -0.0237. The third kappa shape index (κ3) is 7.17. The van der Waals surface area contributed by atoms with Gasteiger partial charge in [0.2, 0.25) is 5.91 Å². The van der Waals surface area contributed by atoms with Gasteiger partial charge in [0.25, 0.3) is 0 Å². The summed E-state index contributed by atoms with van der Waals surface area (Å²) >= 11 is 0. The van der Waals surface area contributed by atoms with Gasteiger partial charge in [-0.3, -0.25) is 9.78 Å². The number of benzene rings is 1. The summed E-state index contributed by atoms with van der Waals surface area (Å²) in [5, 5.41) is 7.83. The van der Waals surface area contributed by atoms with Gasteiger partial charge in [-0.1, -0.05) is 30.7 Å². The van der Waals surface area contributed by atoms with Gasteiger partial charge < -0.3 is 20.4 Å². The molecule has 200 valence electrons. The van der Waals surface area contributed by atoms with Crippen LogP contribution in [0.2, 0.25) is 0 Å². The molecule has 2 aliphatic heterocycles. The highest BCUT2D eigenvalue weighted by atomic mass is 16.1. The van der Waals surface area contributed by atoms with Crippen molar-refractivity contribution in [2.45, 2.75) is 44.6 Å². The molecule has 0 bridgehead atoms. The zero-order valence-corrected chi connectivity index (χ0v) is 22.5. The lowest BCUT2D eigenvalue weighted by Gasteiger charge is -2.29. The van der Waals surface area contributed by atoms with Crippen molar-refractivity contribution in [3.63, 3.8) is 0 Å². The van der Waals surface area contributed by atoms with Crippen LogP contribution in [0.3, 0.4) is 0 Å². The van der Waals surface area contributed by atoms with E-state index in [1.807, 2.05) is 30.5 Å². The van der Waals surface area contributed by atoms with E-state index in [2.05, 4.69) is 50.7 Å². The van der Waals surface area contributed by atoms with E-state index in [4.69, 9.17) is 4.98 Å². The van der Waals surface area contributed by atoms with Gasteiger partial charge in [-0.15, -0.1) is 0 Å². The molecule has 2 N–H and O–H groups in total. The number of carbonyl (C=O) groups is 1. The highest BCUT2D eigenvalue weighted by Gasteiger charge is 2.17. The number of carbonyl (C=O) groups excluding carboxylic acids is 1. The third-order valence-electron chi connectivity index (χ3n) is 7.72. The Balaban J connectivity index is 1.21. The number of hydrogen-bond acceptors (Lipinski definition) is 6. The Morgan fingerprint density at radius 2 is 1.84 bits per heavy atom. The number of aromatic nitrogens is 2. The summed E-state index contributed by atoms with van der Waals surface area (Å²) in [6, 6.07) is 12.6. The summed E-state index contributed by atoms with van der Waals surface area (Å²) in [6.07, 6.45) is 14.4. The third-order valence-corrected chi connectivity index (χ3v) is 7.72. The molecule has 7 nitrogen and oxygen atoms in total. The van der Waals surface area contributed by atoms with E-state index in [1.54, 1.807) is 12.3 Å². The first-order chi connectivity index (χ1) is 18.6. The van der Waals surface area contributed by atoms with Crippen LogP contribution in [0.25, 0.3) is 28.2 Å². The molecule has 0 spiro atoms. The topological polar surface area (TPSA) is 73.4 Å². The van der Waals surface area contributed by atoms with Gasteiger partial charge in [0.15, 0.2) is 0 Å². The molecular formula is C31H40N6O. The summed E-state index contributed by atoms with van der Waals surface area (Å²) in [5.74, 6) is -0.0237. The van der Waals surface area contributed by atoms with Crippen LogP contribution in [0.5, 0.6) is 0 Å². The zero-order valence-electron chi connectivity index (χ0n) is 22.5. The number of nitrogens with one attached hydrogen (secondary N) is 2. The van der Waals surface area contributed by atoms with Crippen molar-refractivity contribution in [3.05, 3.63) is 60.4 Å². The Kier molecular flexibility index (Phi) is 8.99. The minimum Gasteiger partial charge on any atom is -0.384 e. The van der Waals surface area contributed by atoms with Gasteiger partial charge >= 0.3 is 0 Å². The monoisotopic (exact) mass is 512 g/mol. The van der Waals surface area contributed by atoms with Crippen molar-refractivity contribution < 1.29 is 4.79 Å². The van der Waals surface area contributed by atoms with Crippen LogP contribution in [0.15, 0.2) is 54.9 Å². The summed E-state index contributed by atoms with van der Waals surface area (Å²) in [4.78, 5) is 26.5. The van der Waals surface area contributed by atoms with Crippen LogP contribution in [0.4, 0.5) is 5.69 Å².